The highest BCUT2D eigenvalue weighted by Gasteiger charge is 2.19. The zero-order valence-corrected chi connectivity index (χ0v) is 15.4. The van der Waals surface area contributed by atoms with Crippen molar-refractivity contribution in [2.24, 2.45) is 0 Å². The molecule has 0 aliphatic carbocycles. The van der Waals surface area contributed by atoms with Crippen molar-refractivity contribution in [2.75, 3.05) is 17.6 Å². The number of sulfonamides is 1. The van der Waals surface area contributed by atoms with Crippen LogP contribution in [-0.4, -0.2) is 27.6 Å². The first-order chi connectivity index (χ1) is 11.2. The maximum Gasteiger partial charge on any atom is 0.251 e. The highest BCUT2D eigenvalue weighted by atomic mass is 35.5. The summed E-state index contributed by atoms with van der Waals surface area (Å²) in [6, 6.07) is 11.3. The lowest BCUT2D eigenvalue weighted by Gasteiger charge is -2.23. The number of hydrogen-bond donors (Lipinski definition) is 1. The van der Waals surface area contributed by atoms with Gasteiger partial charge in [0, 0.05) is 22.7 Å². The van der Waals surface area contributed by atoms with Crippen molar-refractivity contribution >= 4 is 44.8 Å². The van der Waals surface area contributed by atoms with E-state index in [2.05, 4.69) is 5.32 Å². The first-order valence-electron chi connectivity index (χ1n) is 6.95. The van der Waals surface area contributed by atoms with Crippen LogP contribution >= 0.6 is 23.2 Å². The second-order valence-corrected chi connectivity index (χ2v) is 7.95. The molecule has 0 aliphatic rings. The maximum absolute atomic E-state index is 12.2. The minimum atomic E-state index is -3.54. The third-order valence-corrected chi connectivity index (χ3v) is 4.88. The van der Waals surface area contributed by atoms with E-state index in [1.54, 1.807) is 31.3 Å². The monoisotopic (exact) mass is 386 g/mol. The molecule has 0 spiro atoms. The van der Waals surface area contributed by atoms with Gasteiger partial charge in [-0.25, -0.2) is 8.42 Å². The minimum Gasteiger partial charge on any atom is -0.355 e. The van der Waals surface area contributed by atoms with E-state index < -0.39 is 10.0 Å². The van der Waals surface area contributed by atoms with Gasteiger partial charge >= 0.3 is 0 Å². The Morgan fingerprint density at radius 3 is 2.08 bits per heavy atom. The van der Waals surface area contributed by atoms with Crippen LogP contribution in [0.1, 0.15) is 15.9 Å². The van der Waals surface area contributed by atoms with E-state index in [1.807, 2.05) is 0 Å². The summed E-state index contributed by atoms with van der Waals surface area (Å²) >= 11 is 11.9. The number of rotatable bonds is 5. The summed E-state index contributed by atoms with van der Waals surface area (Å²) in [5.74, 6) is -0.205. The highest BCUT2D eigenvalue weighted by molar-refractivity contribution is 7.92. The Bertz CT molecular complexity index is 832. The number of hydrogen-bond acceptors (Lipinski definition) is 3. The number of nitrogens with zero attached hydrogens (tertiary/aromatic N) is 1. The summed E-state index contributed by atoms with van der Waals surface area (Å²) in [4.78, 5) is 11.6. The first-order valence-corrected chi connectivity index (χ1v) is 9.56. The summed E-state index contributed by atoms with van der Waals surface area (Å²) < 4.78 is 25.5. The molecule has 0 saturated heterocycles. The number of nitrogens with one attached hydrogen (secondary N) is 1. The molecular formula is C16H16Cl2N2O3S. The lowest BCUT2D eigenvalue weighted by atomic mass is 10.1. The second kappa shape index (κ2) is 7.42. The molecule has 1 N–H and O–H groups in total. The molecule has 2 rings (SSSR count). The van der Waals surface area contributed by atoms with Gasteiger partial charge in [-0.15, -0.1) is 0 Å². The largest absolute Gasteiger partial charge is 0.355 e. The van der Waals surface area contributed by atoms with Crippen LogP contribution in [0, 0.1) is 0 Å². The third kappa shape index (κ3) is 4.63. The van der Waals surface area contributed by atoms with Crippen molar-refractivity contribution in [1.82, 2.24) is 5.32 Å². The van der Waals surface area contributed by atoms with Gasteiger partial charge in [0.05, 0.1) is 18.5 Å². The Labute approximate surface area is 151 Å². The van der Waals surface area contributed by atoms with E-state index in [-0.39, 0.29) is 12.5 Å². The maximum atomic E-state index is 12.2. The fourth-order valence-electron chi connectivity index (χ4n) is 2.15. The summed E-state index contributed by atoms with van der Waals surface area (Å²) in [5.41, 5.74) is 1.60. The van der Waals surface area contributed by atoms with Crippen LogP contribution in [0.3, 0.4) is 0 Å². The molecule has 0 radical (unpaired) electrons. The molecule has 0 unspecified atom stereocenters. The summed E-state index contributed by atoms with van der Waals surface area (Å²) in [6.07, 6.45) is 1.11. The van der Waals surface area contributed by atoms with E-state index in [4.69, 9.17) is 23.2 Å². The number of amides is 1. The molecular weight excluding hydrogens is 371 g/mol. The van der Waals surface area contributed by atoms with E-state index in [0.29, 0.717) is 21.3 Å². The summed E-state index contributed by atoms with van der Waals surface area (Å²) in [6.45, 7) is 0.101. The standard InChI is InChI=1S/C16H16Cl2N2O3S/c1-19-16(21)12-5-3-11(4-6-12)10-20(24(2,22)23)15-8-13(17)7-14(18)9-15/h3-9H,10H2,1-2H3,(H,19,21). The molecule has 0 saturated carbocycles. The normalized spacial score (nSPS) is 11.2. The van der Waals surface area contributed by atoms with Gasteiger partial charge in [-0.05, 0) is 35.9 Å². The van der Waals surface area contributed by atoms with E-state index in [9.17, 15) is 13.2 Å². The average molecular weight is 387 g/mol. The lowest BCUT2D eigenvalue weighted by molar-refractivity contribution is 0.0963. The number of halogens is 2. The van der Waals surface area contributed by atoms with E-state index in [0.717, 1.165) is 11.8 Å². The Kier molecular flexibility index (Phi) is 5.74. The van der Waals surface area contributed by atoms with Crippen LogP contribution in [0.25, 0.3) is 0 Å². The van der Waals surface area contributed by atoms with Crippen molar-refractivity contribution in [2.45, 2.75) is 6.54 Å². The Hall–Kier alpha value is -1.76. The Balaban J connectivity index is 2.35. The van der Waals surface area contributed by atoms with Gasteiger partial charge in [0.2, 0.25) is 10.0 Å². The van der Waals surface area contributed by atoms with E-state index >= 15 is 0 Å². The van der Waals surface area contributed by atoms with Crippen LogP contribution in [0.2, 0.25) is 10.0 Å². The second-order valence-electron chi connectivity index (χ2n) is 5.17. The fourth-order valence-corrected chi connectivity index (χ4v) is 3.54. The number of benzene rings is 2. The average Bonchev–Trinajstić information content (AvgIpc) is 2.50. The molecule has 128 valence electrons. The summed E-state index contributed by atoms with van der Waals surface area (Å²) in [5, 5.41) is 3.23. The molecule has 0 heterocycles. The van der Waals surface area contributed by atoms with Gasteiger partial charge in [0.1, 0.15) is 0 Å². The van der Waals surface area contributed by atoms with Gasteiger partial charge in [-0.2, -0.15) is 0 Å². The Morgan fingerprint density at radius 1 is 1.08 bits per heavy atom. The molecule has 1 amide bonds. The molecule has 0 atom stereocenters. The lowest BCUT2D eigenvalue weighted by Crippen LogP contribution is -2.29. The van der Waals surface area contributed by atoms with Gasteiger partial charge in [0.25, 0.3) is 5.91 Å². The molecule has 0 fully saturated rings. The van der Waals surface area contributed by atoms with Crippen LogP contribution in [0.15, 0.2) is 42.5 Å². The molecule has 5 nitrogen and oxygen atoms in total. The Morgan fingerprint density at radius 2 is 1.62 bits per heavy atom. The molecule has 0 bridgehead atoms. The van der Waals surface area contributed by atoms with Crippen molar-refractivity contribution in [1.29, 1.82) is 0 Å². The molecule has 0 aliphatic heterocycles. The van der Waals surface area contributed by atoms with Gasteiger partial charge in [-0.1, -0.05) is 35.3 Å². The van der Waals surface area contributed by atoms with Crippen LogP contribution < -0.4 is 9.62 Å². The molecule has 0 aromatic heterocycles. The van der Waals surface area contributed by atoms with Crippen molar-refractivity contribution in [3.8, 4) is 0 Å². The zero-order chi connectivity index (χ0) is 17.9. The number of carbonyl (C=O) groups is 1. The van der Waals surface area contributed by atoms with Gasteiger partial charge < -0.3 is 5.32 Å². The minimum absolute atomic E-state index is 0.101. The molecule has 24 heavy (non-hydrogen) atoms. The number of carbonyl (C=O) groups excluding carboxylic acids is 1. The smallest absolute Gasteiger partial charge is 0.251 e. The number of anilines is 1. The van der Waals surface area contributed by atoms with Gasteiger partial charge in [0.15, 0.2) is 0 Å². The predicted molar refractivity (Wildman–Crippen MR) is 97.3 cm³/mol. The quantitative estimate of drug-likeness (QED) is 0.856. The SMILES string of the molecule is CNC(=O)c1ccc(CN(c2cc(Cl)cc(Cl)c2)S(C)(=O)=O)cc1. The summed E-state index contributed by atoms with van der Waals surface area (Å²) in [7, 11) is -2.00. The zero-order valence-electron chi connectivity index (χ0n) is 13.1. The van der Waals surface area contributed by atoms with Crippen molar-refractivity contribution < 1.29 is 13.2 Å². The first kappa shape index (κ1) is 18.6. The van der Waals surface area contributed by atoms with Crippen molar-refractivity contribution in [3.63, 3.8) is 0 Å². The van der Waals surface area contributed by atoms with Crippen LogP contribution in [0.4, 0.5) is 5.69 Å². The van der Waals surface area contributed by atoms with Crippen LogP contribution in [0.5, 0.6) is 0 Å². The van der Waals surface area contributed by atoms with E-state index in [1.165, 1.54) is 22.5 Å². The topological polar surface area (TPSA) is 66.5 Å². The van der Waals surface area contributed by atoms with Crippen molar-refractivity contribution in [3.05, 3.63) is 63.6 Å². The van der Waals surface area contributed by atoms with Crippen LogP contribution in [-0.2, 0) is 16.6 Å². The molecule has 2 aromatic rings. The molecule has 2 aromatic carbocycles. The molecule has 8 heteroatoms. The predicted octanol–water partition coefficient (Wildman–Crippen LogP) is 3.32. The third-order valence-electron chi connectivity index (χ3n) is 3.30. The fraction of sp³-hybridized carbons (Fsp3) is 0.188. The van der Waals surface area contributed by atoms with Gasteiger partial charge in [-0.3, -0.25) is 9.10 Å². The highest BCUT2D eigenvalue weighted by Crippen LogP contribution is 2.28.